The lowest BCUT2D eigenvalue weighted by Gasteiger charge is -2.27. The summed E-state index contributed by atoms with van der Waals surface area (Å²) in [5, 5.41) is 4.23. The molecule has 0 radical (unpaired) electrons. The third-order valence-electron chi connectivity index (χ3n) is 2.67. The van der Waals surface area contributed by atoms with E-state index in [9.17, 15) is 4.79 Å². The molecule has 1 heterocycles. The second kappa shape index (κ2) is 5.64. The van der Waals surface area contributed by atoms with Crippen molar-refractivity contribution in [3.8, 4) is 0 Å². The smallest absolute Gasteiger partial charge is 0.306 e. The molecule has 0 spiro atoms. The lowest BCUT2D eigenvalue weighted by Crippen LogP contribution is -2.32. The molecule has 16 heavy (non-hydrogen) atoms. The highest BCUT2D eigenvalue weighted by Crippen LogP contribution is 2.31. The molecule has 4 heteroatoms. The SMILES string of the molecule is CCOC(=O)CC(c1ccsc1)[Si](C)(C)C. The quantitative estimate of drug-likeness (QED) is 0.593. The van der Waals surface area contributed by atoms with E-state index in [0.29, 0.717) is 18.6 Å². The fourth-order valence-corrected chi connectivity index (χ4v) is 4.58. The highest BCUT2D eigenvalue weighted by molar-refractivity contribution is 7.08. The Hall–Kier alpha value is -0.613. The van der Waals surface area contributed by atoms with Crippen LogP contribution in [0.5, 0.6) is 0 Å². The fraction of sp³-hybridized carbons (Fsp3) is 0.583. The standard InChI is InChI=1S/C12H20O2SSi/c1-5-14-12(13)8-11(16(2,3)4)10-6-7-15-9-10/h6-7,9,11H,5,8H2,1-4H3. The summed E-state index contributed by atoms with van der Waals surface area (Å²) in [5.74, 6) is -0.0684. The average Bonchev–Trinajstić information content (AvgIpc) is 2.65. The van der Waals surface area contributed by atoms with Gasteiger partial charge < -0.3 is 4.74 Å². The van der Waals surface area contributed by atoms with Crippen molar-refractivity contribution in [2.45, 2.75) is 38.5 Å². The zero-order chi connectivity index (χ0) is 12.2. The van der Waals surface area contributed by atoms with Crippen LogP contribution >= 0.6 is 11.3 Å². The molecule has 90 valence electrons. The summed E-state index contributed by atoms with van der Waals surface area (Å²) < 4.78 is 5.05. The van der Waals surface area contributed by atoms with Crippen LogP contribution in [0.2, 0.25) is 19.6 Å². The highest BCUT2D eigenvalue weighted by atomic mass is 32.1. The minimum atomic E-state index is -1.38. The van der Waals surface area contributed by atoms with E-state index in [0.717, 1.165) is 0 Å². The van der Waals surface area contributed by atoms with Gasteiger partial charge in [-0.25, -0.2) is 0 Å². The Bertz CT molecular complexity index is 327. The molecule has 1 unspecified atom stereocenters. The topological polar surface area (TPSA) is 26.3 Å². The normalized spacial score (nSPS) is 13.5. The lowest BCUT2D eigenvalue weighted by molar-refractivity contribution is -0.143. The van der Waals surface area contributed by atoms with Crippen molar-refractivity contribution in [3.05, 3.63) is 22.4 Å². The number of esters is 1. The molecule has 0 aliphatic carbocycles. The molecule has 0 aromatic carbocycles. The minimum absolute atomic E-state index is 0.0684. The maximum atomic E-state index is 11.6. The zero-order valence-corrected chi connectivity index (χ0v) is 12.3. The van der Waals surface area contributed by atoms with Gasteiger partial charge in [0.25, 0.3) is 0 Å². The van der Waals surface area contributed by atoms with Gasteiger partial charge in [0.2, 0.25) is 0 Å². The Morgan fingerprint density at radius 2 is 2.19 bits per heavy atom. The molecule has 1 atom stereocenters. The van der Waals surface area contributed by atoms with Crippen molar-refractivity contribution in [1.29, 1.82) is 0 Å². The Kier molecular flexibility index (Phi) is 4.74. The predicted molar refractivity (Wildman–Crippen MR) is 71.7 cm³/mol. The summed E-state index contributed by atoms with van der Waals surface area (Å²) in [4.78, 5) is 11.6. The number of hydrogen-bond acceptors (Lipinski definition) is 3. The molecular weight excluding hydrogens is 236 g/mol. The number of rotatable bonds is 5. The van der Waals surface area contributed by atoms with Crippen molar-refractivity contribution in [2.24, 2.45) is 0 Å². The molecule has 0 aliphatic heterocycles. The fourth-order valence-electron chi connectivity index (χ4n) is 1.78. The first-order chi connectivity index (χ1) is 7.45. The van der Waals surface area contributed by atoms with Crippen molar-refractivity contribution >= 4 is 25.4 Å². The van der Waals surface area contributed by atoms with Gasteiger partial charge in [0, 0.05) is 0 Å². The van der Waals surface area contributed by atoms with E-state index in [-0.39, 0.29) is 5.97 Å². The van der Waals surface area contributed by atoms with Crippen LogP contribution in [0.1, 0.15) is 24.4 Å². The molecule has 1 aromatic heterocycles. The Balaban J connectivity index is 2.78. The summed E-state index contributed by atoms with van der Waals surface area (Å²) in [6, 6.07) is 2.13. The molecule has 1 rings (SSSR count). The highest BCUT2D eigenvalue weighted by Gasteiger charge is 2.30. The zero-order valence-electron chi connectivity index (χ0n) is 10.4. The second-order valence-electron chi connectivity index (χ2n) is 4.98. The lowest BCUT2D eigenvalue weighted by atomic mass is 10.2. The molecular formula is C12H20O2SSi. The maximum Gasteiger partial charge on any atom is 0.306 e. The number of hydrogen-bond donors (Lipinski definition) is 0. The van der Waals surface area contributed by atoms with Gasteiger partial charge in [-0.05, 0) is 34.9 Å². The molecule has 1 aromatic rings. The van der Waals surface area contributed by atoms with E-state index in [1.807, 2.05) is 6.92 Å². The Morgan fingerprint density at radius 3 is 2.62 bits per heavy atom. The second-order valence-corrected chi connectivity index (χ2v) is 11.2. The van der Waals surface area contributed by atoms with E-state index in [1.54, 1.807) is 11.3 Å². The van der Waals surface area contributed by atoms with Crippen molar-refractivity contribution < 1.29 is 9.53 Å². The van der Waals surface area contributed by atoms with Gasteiger partial charge in [0.15, 0.2) is 0 Å². The van der Waals surface area contributed by atoms with Crippen molar-refractivity contribution in [2.75, 3.05) is 6.61 Å². The maximum absolute atomic E-state index is 11.6. The van der Waals surface area contributed by atoms with Gasteiger partial charge in [-0.1, -0.05) is 19.6 Å². The molecule has 0 saturated heterocycles. The molecule has 0 N–H and O–H groups in total. The van der Waals surface area contributed by atoms with Gasteiger partial charge in [0.1, 0.15) is 0 Å². The molecule has 0 fully saturated rings. The molecule has 2 nitrogen and oxygen atoms in total. The summed E-state index contributed by atoms with van der Waals surface area (Å²) in [5.41, 5.74) is 1.68. The minimum Gasteiger partial charge on any atom is -0.466 e. The third-order valence-corrected chi connectivity index (χ3v) is 6.00. The largest absolute Gasteiger partial charge is 0.466 e. The summed E-state index contributed by atoms with van der Waals surface area (Å²) in [6.45, 7) is 9.23. The van der Waals surface area contributed by atoms with Crippen LogP contribution in [0.15, 0.2) is 16.8 Å². The Morgan fingerprint density at radius 1 is 1.50 bits per heavy atom. The first-order valence-corrected chi connectivity index (χ1v) is 10.1. The van der Waals surface area contributed by atoms with Crippen LogP contribution in [0, 0.1) is 0 Å². The van der Waals surface area contributed by atoms with Crippen LogP contribution in [-0.4, -0.2) is 20.7 Å². The van der Waals surface area contributed by atoms with E-state index in [1.165, 1.54) is 5.56 Å². The molecule has 0 aliphatic rings. The van der Waals surface area contributed by atoms with Gasteiger partial charge >= 0.3 is 5.97 Å². The van der Waals surface area contributed by atoms with E-state index < -0.39 is 8.07 Å². The van der Waals surface area contributed by atoms with E-state index >= 15 is 0 Å². The van der Waals surface area contributed by atoms with Crippen molar-refractivity contribution in [3.63, 3.8) is 0 Å². The number of thiophene rings is 1. The van der Waals surface area contributed by atoms with Crippen LogP contribution in [0.25, 0.3) is 0 Å². The predicted octanol–water partition coefficient (Wildman–Crippen LogP) is 3.66. The van der Waals surface area contributed by atoms with Crippen LogP contribution in [0.4, 0.5) is 0 Å². The van der Waals surface area contributed by atoms with E-state index in [4.69, 9.17) is 4.74 Å². The molecule has 0 saturated carbocycles. The number of carbonyl (C=O) groups excluding carboxylic acids is 1. The van der Waals surface area contributed by atoms with Gasteiger partial charge in [0.05, 0.1) is 21.1 Å². The number of carbonyl (C=O) groups is 1. The summed E-state index contributed by atoms with van der Waals surface area (Å²) in [6.07, 6.45) is 0.528. The molecule has 0 amide bonds. The van der Waals surface area contributed by atoms with Crippen LogP contribution in [0.3, 0.4) is 0 Å². The first-order valence-electron chi connectivity index (χ1n) is 5.63. The summed E-state index contributed by atoms with van der Waals surface area (Å²) in [7, 11) is -1.38. The van der Waals surface area contributed by atoms with Gasteiger partial charge in [-0.2, -0.15) is 11.3 Å². The van der Waals surface area contributed by atoms with Gasteiger partial charge in [-0.3, -0.25) is 4.79 Å². The first kappa shape index (κ1) is 13.5. The van der Waals surface area contributed by atoms with Crippen LogP contribution < -0.4 is 0 Å². The number of ether oxygens (including phenoxy) is 1. The van der Waals surface area contributed by atoms with E-state index in [2.05, 4.69) is 36.5 Å². The summed E-state index contributed by atoms with van der Waals surface area (Å²) >= 11 is 1.69. The third kappa shape index (κ3) is 3.76. The van der Waals surface area contributed by atoms with Crippen LogP contribution in [-0.2, 0) is 9.53 Å². The Labute approximate surface area is 103 Å². The van der Waals surface area contributed by atoms with Crippen molar-refractivity contribution in [1.82, 2.24) is 0 Å². The average molecular weight is 256 g/mol. The molecule has 0 bridgehead atoms. The monoisotopic (exact) mass is 256 g/mol. The van der Waals surface area contributed by atoms with Gasteiger partial charge in [-0.15, -0.1) is 0 Å².